The quantitative estimate of drug-likeness (QED) is 0.546. The molecule has 0 spiro atoms. The fourth-order valence-corrected chi connectivity index (χ4v) is 5.39. The summed E-state index contributed by atoms with van der Waals surface area (Å²) >= 11 is 0. The summed E-state index contributed by atoms with van der Waals surface area (Å²) in [5.41, 5.74) is -1.01. The van der Waals surface area contributed by atoms with Crippen molar-refractivity contribution in [2.75, 3.05) is 0 Å². The van der Waals surface area contributed by atoms with E-state index in [0.717, 1.165) is 12.8 Å². The van der Waals surface area contributed by atoms with Gasteiger partial charge in [-0.2, -0.15) is 0 Å². The summed E-state index contributed by atoms with van der Waals surface area (Å²) in [5, 5.41) is 32.3. The Morgan fingerprint density at radius 1 is 1.21 bits per heavy atom. The molecule has 0 bridgehead atoms. The first-order chi connectivity index (χ1) is 10.9. The molecule has 2 saturated carbocycles. The van der Waals surface area contributed by atoms with Crippen LogP contribution in [-0.2, 0) is 4.79 Å². The van der Waals surface area contributed by atoms with Gasteiger partial charge in [-0.25, -0.2) is 0 Å². The molecule has 2 fully saturated rings. The monoisotopic (exact) mass is 338 g/mol. The SMILES string of the molecule is CC(=O)[C@@H](C)/C=C\[C@H]1[C@@H](C)CC[C@H]2C(C)(C)CC(O)C(O)(O)[C@]12C. The molecule has 2 rings (SSSR count). The van der Waals surface area contributed by atoms with Gasteiger partial charge in [-0.1, -0.05) is 46.8 Å². The van der Waals surface area contributed by atoms with Crippen molar-refractivity contribution in [2.45, 2.75) is 72.7 Å². The molecule has 2 aliphatic carbocycles. The zero-order valence-electron chi connectivity index (χ0n) is 15.9. The Labute approximate surface area is 146 Å². The summed E-state index contributed by atoms with van der Waals surface area (Å²) in [6.07, 6.45) is 5.04. The highest BCUT2D eigenvalue weighted by Gasteiger charge is 2.67. The summed E-state index contributed by atoms with van der Waals surface area (Å²) in [4.78, 5) is 11.6. The van der Waals surface area contributed by atoms with E-state index in [4.69, 9.17) is 0 Å². The number of fused-ring (bicyclic) bond motifs is 1. The lowest BCUT2D eigenvalue weighted by molar-refractivity contribution is -0.356. The van der Waals surface area contributed by atoms with E-state index in [1.165, 1.54) is 0 Å². The molecule has 2 aliphatic rings. The molecule has 6 atom stereocenters. The Balaban J connectivity index is 2.50. The van der Waals surface area contributed by atoms with E-state index in [0.29, 0.717) is 6.42 Å². The highest BCUT2D eigenvalue weighted by molar-refractivity contribution is 5.79. The Morgan fingerprint density at radius 3 is 2.33 bits per heavy atom. The number of allylic oxidation sites excluding steroid dienone is 2. The van der Waals surface area contributed by atoms with Crippen LogP contribution in [0.2, 0.25) is 0 Å². The third kappa shape index (κ3) is 2.87. The molecule has 3 N–H and O–H groups in total. The molecular weight excluding hydrogens is 304 g/mol. The number of hydrogen-bond donors (Lipinski definition) is 3. The number of rotatable bonds is 3. The maximum Gasteiger partial charge on any atom is 0.195 e. The predicted molar refractivity (Wildman–Crippen MR) is 94.0 cm³/mol. The third-order valence-electron chi connectivity index (χ3n) is 7.11. The van der Waals surface area contributed by atoms with Crippen molar-refractivity contribution in [3.05, 3.63) is 12.2 Å². The minimum atomic E-state index is -2.13. The fourth-order valence-electron chi connectivity index (χ4n) is 5.39. The van der Waals surface area contributed by atoms with Crippen LogP contribution in [0.15, 0.2) is 12.2 Å². The second-order valence-electron chi connectivity index (χ2n) is 9.13. The van der Waals surface area contributed by atoms with Gasteiger partial charge in [0.25, 0.3) is 0 Å². The first-order valence-corrected chi connectivity index (χ1v) is 9.17. The highest BCUT2D eigenvalue weighted by atomic mass is 16.5. The average Bonchev–Trinajstić information content (AvgIpc) is 2.44. The summed E-state index contributed by atoms with van der Waals surface area (Å²) in [7, 11) is 0. The molecule has 138 valence electrons. The molecule has 0 aromatic rings. The number of aliphatic hydroxyl groups is 3. The molecule has 0 aliphatic heterocycles. The van der Waals surface area contributed by atoms with Crippen LogP contribution in [0.5, 0.6) is 0 Å². The van der Waals surface area contributed by atoms with Crippen LogP contribution in [0, 0.1) is 34.5 Å². The van der Waals surface area contributed by atoms with Crippen LogP contribution in [0.3, 0.4) is 0 Å². The lowest BCUT2D eigenvalue weighted by atomic mass is 9.44. The number of ketones is 1. The largest absolute Gasteiger partial charge is 0.387 e. The first kappa shape index (κ1) is 19.6. The van der Waals surface area contributed by atoms with Gasteiger partial charge in [-0.3, -0.25) is 4.79 Å². The molecule has 0 saturated heterocycles. The smallest absolute Gasteiger partial charge is 0.195 e. The van der Waals surface area contributed by atoms with Gasteiger partial charge in [0.2, 0.25) is 0 Å². The molecule has 0 radical (unpaired) electrons. The van der Waals surface area contributed by atoms with E-state index in [2.05, 4.69) is 20.8 Å². The molecule has 24 heavy (non-hydrogen) atoms. The molecule has 0 heterocycles. The van der Waals surface area contributed by atoms with Gasteiger partial charge >= 0.3 is 0 Å². The molecule has 0 amide bonds. The zero-order chi connectivity index (χ0) is 18.5. The Kier molecular flexibility index (Phi) is 5.09. The third-order valence-corrected chi connectivity index (χ3v) is 7.11. The average molecular weight is 338 g/mol. The molecule has 4 heteroatoms. The Hall–Kier alpha value is -0.710. The van der Waals surface area contributed by atoms with Crippen molar-refractivity contribution < 1.29 is 20.1 Å². The van der Waals surface area contributed by atoms with E-state index in [1.807, 2.05) is 26.0 Å². The number of Topliss-reactive ketones (excluding diaryl/α,β-unsaturated/α-hetero) is 1. The minimum Gasteiger partial charge on any atom is -0.387 e. The second-order valence-corrected chi connectivity index (χ2v) is 9.13. The van der Waals surface area contributed by atoms with Crippen LogP contribution in [0.4, 0.5) is 0 Å². The van der Waals surface area contributed by atoms with Crippen molar-refractivity contribution in [1.29, 1.82) is 0 Å². The Morgan fingerprint density at radius 2 is 1.79 bits per heavy atom. The molecular formula is C20H34O4. The van der Waals surface area contributed by atoms with Gasteiger partial charge in [-0.15, -0.1) is 0 Å². The van der Waals surface area contributed by atoms with Gasteiger partial charge in [0.15, 0.2) is 5.79 Å². The molecule has 0 aromatic carbocycles. The van der Waals surface area contributed by atoms with Gasteiger partial charge in [0, 0.05) is 11.3 Å². The van der Waals surface area contributed by atoms with E-state index in [9.17, 15) is 20.1 Å². The van der Waals surface area contributed by atoms with Gasteiger partial charge < -0.3 is 15.3 Å². The van der Waals surface area contributed by atoms with Crippen LogP contribution in [0.25, 0.3) is 0 Å². The highest BCUT2D eigenvalue weighted by Crippen LogP contribution is 2.64. The zero-order valence-corrected chi connectivity index (χ0v) is 15.9. The van der Waals surface area contributed by atoms with E-state index >= 15 is 0 Å². The van der Waals surface area contributed by atoms with Crippen LogP contribution < -0.4 is 0 Å². The van der Waals surface area contributed by atoms with E-state index in [1.54, 1.807) is 6.92 Å². The van der Waals surface area contributed by atoms with Crippen LogP contribution >= 0.6 is 0 Å². The van der Waals surface area contributed by atoms with Crippen molar-refractivity contribution in [1.82, 2.24) is 0 Å². The first-order valence-electron chi connectivity index (χ1n) is 9.17. The van der Waals surface area contributed by atoms with Gasteiger partial charge in [0.05, 0.1) is 0 Å². The number of aliphatic hydroxyl groups excluding tert-OH is 1. The fraction of sp³-hybridized carbons (Fsp3) is 0.850. The number of hydrogen-bond acceptors (Lipinski definition) is 4. The molecule has 0 aromatic heterocycles. The van der Waals surface area contributed by atoms with E-state index < -0.39 is 17.3 Å². The van der Waals surface area contributed by atoms with Crippen molar-refractivity contribution >= 4 is 5.78 Å². The van der Waals surface area contributed by atoms with Crippen LogP contribution in [-0.4, -0.2) is 33.0 Å². The van der Waals surface area contributed by atoms with Gasteiger partial charge in [-0.05, 0) is 49.4 Å². The lowest BCUT2D eigenvalue weighted by Gasteiger charge is -2.64. The minimum absolute atomic E-state index is 0.0951. The predicted octanol–water partition coefficient (Wildman–Crippen LogP) is 2.91. The van der Waals surface area contributed by atoms with Crippen molar-refractivity contribution in [3.63, 3.8) is 0 Å². The topological polar surface area (TPSA) is 77.8 Å². The van der Waals surface area contributed by atoms with Crippen molar-refractivity contribution in [2.24, 2.45) is 34.5 Å². The van der Waals surface area contributed by atoms with Gasteiger partial charge in [0.1, 0.15) is 11.9 Å². The number of carbonyl (C=O) groups excluding carboxylic acids is 1. The summed E-state index contributed by atoms with van der Waals surface area (Å²) in [6, 6.07) is 0. The summed E-state index contributed by atoms with van der Waals surface area (Å²) in [6.45, 7) is 11.7. The van der Waals surface area contributed by atoms with E-state index in [-0.39, 0.29) is 34.9 Å². The molecule has 1 unspecified atom stereocenters. The maximum atomic E-state index is 11.6. The lowest BCUT2D eigenvalue weighted by Crippen LogP contribution is -2.69. The maximum absolute atomic E-state index is 11.6. The summed E-state index contributed by atoms with van der Waals surface area (Å²) < 4.78 is 0. The molecule has 4 nitrogen and oxygen atoms in total. The van der Waals surface area contributed by atoms with Crippen LogP contribution in [0.1, 0.15) is 60.8 Å². The normalized spacial score (nSPS) is 42.5. The second kappa shape index (κ2) is 6.22. The van der Waals surface area contributed by atoms with Crippen molar-refractivity contribution in [3.8, 4) is 0 Å². The standard InChI is InChI=1S/C20H34O4/c1-12(14(3)21)7-9-15-13(2)8-10-16-18(4,5)11-17(22)20(23,24)19(15,16)6/h7,9,12-13,15-17,22-24H,8,10-11H2,1-6H3/b9-7-/t12-,13-,15-,16-,17?,19+/m0/s1. The number of carbonyl (C=O) groups is 1. The Bertz CT molecular complexity index is 522. The summed E-state index contributed by atoms with van der Waals surface area (Å²) in [5.74, 6) is -1.95.